The summed E-state index contributed by atoms with van der Waals surface area (Å²) >= 11 is 0. The van der Waals surface area contributed by atoms with Gasteiger partial charge in [0.15, 0.2) is 0 Å². The number of anilines is 1. The Morgan fingerprint density at radius 1 is 1.12 bits per heavy atom. The number of nitrogens with one attached hydrogen (secondary N) is 1. The molecule has 3 aromatic rings. The summed E-state index contributed by atoms with van der Waals surface area (Å²) in [7, 11) is 0. The molecule has 1 amide bonds. The van der Waals surface area contributed by atoms with Gasteiger partial charge in [0.1, 0.15) is 12.4 Å². The fourth-order valence-corrected chi connectivity index (χ4v) is 2.12. The number of benzene rings is 2. The molecule has 1 N–H and O–H groups in total. The number of carbonyl (C=O) groups excluding carboxylic acids is 1. The standard InChI is InChI=1S/C16H11F4N5O/c17-12-4-6-13(7-5-12)21-14(26)9-25-23-15(22-24-25)10-2-1-3-11(8-10)16(18,19)20/h1-8H,9H2,(H,21,26). The van der Waals surface area contributed by atoms with E-state index < -0.39 is 23.5 Å². The van der Waals surface area contributed by atoms with E-state index >= 15 is 0 Å². The summed E-state index contributed by atoms with van der Waals surface area (Å²) < 4.78 is 51.1. The Hall–Kier alpha value is -3.30. The highest BCUT2D eigenvalue weighted by Crippen LogP contribution is 2.31. The molecule has 6 nitrogen and oxygen atoms in total. The first-order chi connectivity index (χ1) is 12.3. The van der Waals surface area contributed by atoms with Gasteiger partial charge in [-0.1, -0.05) is 12.1 Å². The fraction of sp³-hybridized carbons (Fsp3) is 0.125. The summed E-state index contributed by atoms with van der Waals surface area (Å²) in [5, 5.41) is 13.7. The number of carbonyl (C=O) groups is 1. The van der Waals surface area contributed by atoms with Crippen LogP contribution >= 0.6 is 0 Å². The Balaban J connectivity index is 1.70. The molecule has 0 aliphatic heterocycles. The Bertz CT molecular complexity index is 921. The van der Waals surface area contributed by atoms with Crippen LogP contribution in [0.1, 0.15) is 5.56 Å². The van der Waals surface area contributed by atoms with Crippen molar-refractivity contribution in [2.24, 2.45) is 0 Å². The minimum atomic E-state index is -4.49. The number of amides is 1. The van der Waals surface area contributed by atoms with Gasteiger partial charge in [-0.15, -0.1) is 10.2 Å². The normalized spacial score (nSPS) is 11.4. The van der Waals surface area contributed by atoms with E-state index in [-0.39, 0.29) is 17.9 Å². The number of hydrogen-bond acceptors (Lipinski definition) is 4. The van der Waals surface area contributed by atoms with Gasteiger partial charge in [0.2, 0.25) is 11.7 Å². The summed E-state index contributed by atoms with van der Waals surface area (Å²) in [6.45, 7) is -0.302. The van der Waals surface area contributed by atoms with E-state index in [4.69, 9.17) is 0 Å². The molecule has 2 aromatic carbocycles. The second kappa shape index (κ2) is 6.90. The second-order valence-electron chi connectivity index (χ2n) is 5.28. The highest BCUT2D eigenvalue weighted by Gasteiger charge is 2.30. The maximum atomic E-state index is 12.8. The summed E-state index contributed by atoms with van der Waals surface area (Å²) in [6.07, 6.45) is -4.49. The van der Waals surface area contributed by atoms with E-state index in [1.165, 1.54) is 36.4 Å². The largest absolute Gasteiger partial charge is 0.416 e. The Labute approximate surface area is 144 Å². The zero-order valence-electron chi connectivity index (χ0n) is 13.0. The molecule has 0 saturated carbocycles. The van der Waals surface area contributed by atoms with E-state index in [9.17, 15) is 22.4 Å². The number of rotatable bonds is 4. The monoisotopic (exact) mass is 365 g/mol. The quantitative estimate of drug-likeness (QED) is 0.721. The van der Waals surface area contributed by atoms with E-state index in [1.54, 1.807) is 0 Å². The molecule has 0 unspecified atom stereocenters. The lowest BCUT2D eigenvalue weighted by atomic mass is 10.1. The molecule has 0 spiro atoms. The van der Waals surface area contributed by atoms with Gasteiger partial charge in [0.05, 0.1) is 5.56 Å². The summed E-state index contributed by atoms with van der Waals surface area (Å²) in [4.78, 5) is 12.9. The Morgan fingerprint density at radius 2 is 1.85 bits per heavy atom. The molecule has 134 valence electrons. The molecular formula is C16H11F4N5O. The van der Waals surface area contributed by atoms with Gasteiger partial charge in [-0.25, -0.2) is 4.39 Å². The van der Waals surface area contributed by atoms with Gasteiger partial charge >= 0.3 is 6.18 Å². The van der Waals surface area contributed by atoms with Crippen molar-refractivity contribution in [3.63, 3.8) is 0 Å². The maximum absolute atomic E-state index is 12.8. The first-order valence-corrected chi connectivity index (χ1v) is 7.32. The molecule has 0 atom stereocenters. The number of tetrazole rings is 1. The SMILES string of the molecule is O=C(Cn1nnc(-c2cccc(C(F)(F)F)c2)n1)Nc1ccc(F)cc1. The van der Waals surface area contributed by atoms with E-state index in [1.807, 2.05) is 0 Å². The van der Waals surface area contributed by atoms with Crippen molar-refractivity contribution in [2.45, 2.75) is 12.7 Å². The van der Waals surface area contributed by atoms with E-state index in [0.717, 1.165) is 16.9 Å². The Kier molecular flexibility index (Phi) is 4.65. The minimum Gasteiger partial charge on any atom is -0.324 e. The predicted octanol–water partition coefficient (Wildman–Crippen LogP) is 3.14. The number of alkyl halides is 3. The van der Waals surface area contributed by atoms with Crippen molar-refractivity contribution >= 4 is 11.6 Å². The van der Waals surface area contributed by atoms with Gasteiger partial charge in [-0.3, -0.25) is 4.79 Å². The van der Waals surface area contributed by atoms with Crippen LogP contribution in [0.2, 0.25) is 0 Å². The third-order valence-corrected chi connectivity index (χ3v) is 3.31. The molecule has 0 aliphatic rings. The average molecular weight is 365 g/mol. The minimum absolute atomic E-state index is 0.0364. The third-order valence-electron chi connectivity index (χ3n) is 3.31. The molecule has 3 rings (SSSR count). The topological polar surface area (TPSA) is 72.7 Å². The molecule has 0 saturated heterocycles. The molecular weight excluding hydrogens is 354 g/mol. The van der Waals surface area contributed by atoms with Crippen LogP contribution in [0.4, 0.5) is 23.2 Å². The van der Waals surface area contributed by atoms with Crippen molar-refractivity contribution in [3.8, 4) is 11.4 Å². The van der Waals surface area contributed by atoms with Crippen molar-refractivity contribution < 1.29 is 22.4 Å². The van der Waals surface area contributed by atoms with Gasteiger partial charge in [-0.05, 0) is 41.6 Å². The molecule has 1 aromatic heterocycles. The third kappa shape index (κ3) is 4.21. The van der Waals surface area contributed by atoms with Gasteiger partial charge < -0.3 is 5.32 Å². The molecule has 10 heteroatoms. The van der Waals surface area contributed by atoms with Crippen LogP contribution in [0.5, 0.6) is 0 Å². The van der Waals surface area contributed by atoms with Gasteiger partial charge in [-0.2, -0.15) is 18.0 Å². The van der Waals surface area contributed by atoms with Crippen LogP contribution in [0.3, 0.4) is 0 Å². The Morgan fingerprint density at radius 3 is 2.54 bits per heavy atom. The summed E-state index contributed by atoms with van der Waals surface area (Å²) in [5.74, 6) is -0.970. The molecule has 26 heavy (non-hydrogen) atoms. The highest BCUT2D eigenvalue weighted by atomic mass is 19.4. The average Bonchev–Trinajstić information content (AvgIpc) is 3.05. The van der Waals surface area contributed by atoms with Crippen LogP contribution < -0.4 is 5.32 Å². The van der Waals surface area contributed by atoms with Crippen LogP contribution in [-0.4, -0.2) is 26.1 Å². The number of aromatic nitrogens is 4. The van der Waals surface area contributed by atoms with E-state index in [2.05, 4.69) is 20.7 Å². The zero-order chi connectivity index (χ0) is 18.7. The molecule has 0 fully saturated rings. The lowest BCUT2D eigenvalue weighted by Crippen LogP contribution is -2.20. The van der Waals surface area contributed by atoms with Crippen LogP contribution in [0.25, 0.3) is 11.4 Å². The number of halogens is 4. The summed E-state index contributed by atoms with van der Waals surface area (Å²) in [6, 6.07) is 9.63. The van der Waals surface area contributed by atoms with Crippen molar-refractivity contribution in [1.29, 1.82) is 0 Å². The zero-order valence-corrected chi connectivity index (χ0v) is 13.0. The first kappa shape index (κ1) is 17.5. The molecule has 0 aliphatic carbocycles. The van der Waals surface area contributed by atoms with Gasteiger partial charge in [0, 0.05) is 11.3 Å². The molecule has 0 bridgehead atoms. The summed E-state index contributed by atoms with van der Waals surface area (Å²) in [5.41, 5.74) is -0.319. The van der Waals surface area contributed by atoms with E-state index in [0.29, 0.717) is 5.69 Å². The van der Waals surface area contributed by atoms with Crippen molar-refractivity contribution in [1.82, 2.24) is 20.2 Å². The highest BCUT2D eigenvalue weighted by molar-refractivity contribution is 5.90. The van der Waals surface area contributed by atoms with Crippen LogP contribution in [0, 0.1) is 5.82 Å². The molecule has 0 radical (unpaired) electrons. The van der Waals surface area contributed by atoms with Gasteiger partial charge in [0.25, 0.3) is 0 Å². The lowest BCUT2D eigenvalue weighted by Gasteiger charge is -2.06. The fourth-order valence-electron chi connectivity index (χ4n) is 2.12. The van der Waals surface area contributed by atoms with Crippen LogP contribution in [0.15, 0.2) is 48.5 Å². The lowest BCUT2D eigenvalue weighted by molar-refractivity contribution is -0.137. The van der Waals surface area contributed by atoms with Crippen molar-refractivity contribution in [3.05, 3.63) is 59.9 Å². The smallest absolute Gasteiger partial charge is 0.324 e. The maximum Gasteiger partial charge on any atom is 0.416 e. The number of nitrogens with zero attached hydrogens (tertiary/aromatic N) is 4. The van der Waals surface area contributed by atoms with Crippen molar-refractivity contribution in [2.75, 3.05) is 5.32 Å². The number of hydrogen-bond donors (Lipinski definition) is 1. The predicted molar refractivity (Wildman–Crippen MR) is 83.3 cm³/mol. The molecule has 1 heterocycles. The second-order valence-corrected chi connectivity index (χ2v) is 5.28. The van der Waals surface area contributed by atoms with Crippen LogP contribution in [-0.2, 0) is 17.5 Å². The first-order valence-electron chi connectivity index (χ1n) is 7.32.